The van der Waals surface area contributed by atoms with Gasteiger partial charge in [-0.25, -0.2) is 9.18 Å². The highest BCUT2D eigenvalue weighted by Gasteiger charge is 2.29. The lowest BCUT2D eigenvalue weighted by atomic mass is 9.85. The fourth-order valence-electron chi connectivity index (χ4n) is 3.19. The average Bonchev–Trinajstić information content (AvgIpc) is 2.64. The van der Waals surface area contributed by atoms with Crippen molar-refractivity contribution in [1.82, 2.24) is 10.6 Å². The van der Waals surface area contributed by atoms with Crippen molar-refractivity contribution in [2.45, 2.75) is 18.4 Å². The second kappa shape index (κ2) is 8.38. The number of halogens is 2. The maximum Gasteiger partial charge on any atom is 0.319 e. The molecule has 3 rings (SSSR count). The van der Waals surface area contributed by atoms with Crippen LogP contribution in [0.5, 0.6) is 5.75 Å². The first-order valence-corrected chi connectivity index (χ1v) is 8.82. The van der Waals surface area contributed by atoms with Crippen LogP contribution in [0.2, 0.25) is 5.02 Å². The number of piperidine rings is 1. The van der Waals surface area contributed by atoms with Gasteiger partial charge in [0.25, 0.3) is 0 Å². The number of benzene rings is 2. The summed E-state index contributed by atoms with van der Waals surface area (Å²) in [6.07, 6.45) is 0.731. The molecule has 0 spiro atoms. The highest BCUT2D eigenvalue weighted by atomic mass is 35.5. The molecule has 1 saturated heterocycles. The van der Waals surface area contributed by atoms with Crippen LogP contribution in [0.1, 0.15) is 17.9 Å². The second-order valence-corrected chi connectivity index (χ2v) is 6.64. The van der Waals surface area contributed by atoms with Crippen molar-refractivity contribution in [3.63, 3.8) is 0 Å². The van der Waals surface area contributed by atoms with Gasteiger partial charge in [-0.2, -0.15) is 0 Å². The first-order valence-electron chi connectivity index (χ1n) is 8.44. The summed E-state index contributed by atoms with van der Waals surface area (Å²) in [6.45, 7) is 1.34. The molecule has 0 saturated carbocycles. The van der Waals surface area contributed by atoms with E-state index in [1.54, 1.807) is 36.4 Å². The molecule has 138 valence electrons. The summed E-state index contributed by atoms with van der Waals surface area (Å²) in [5.41, 5.74) is 1.23. The number of nitrogens with one attached hydrogen (secondary N) is 3. The zero-order valence-electron chi connectivity index (χ0n) is 14.4. The Labute approximate surface area is 156 Å². The highest BCUT2D eigenvalue weighted by molar-refractivity contribution is 6.30. The van der Waals surface area contributed by atoms with Crippen LogP contribution in [0.25, 0.3) is 0 Å². The molecule has 0 radical (unpaired) electrons. The van der Waals surface area contributed by atoms with E-state index in [-0.39, 0.29) is 23.8 Å². The fourth-order valence-corrected chi connectivity index (χ4v) is 3.31. The largest absolute Gasteiger partial charge is 0.497 e. The molecule has 2 atom stereocenters. The molecule has 2 aromatic rings. The Balaban J connectivity index is 1.70. The lowest BCUT2D eigenvalue weighted by Crippen LogP contribution is -2.51. The third kappa shape index (κ3) is 4.45. The van der Waals surface area contributed by atoms with E-state index < -0.39 is 0 Å². The topological polar surface area (TPSA) is 62.4 Å². The van der Waals surface area contributed by atoms with E-state index in [0.717, 1.165) is 13.0 Å². The van der Waals surface area contributed by atoms with Gasteiger partial charge in [-0.1, -0.05) is 17.7 Å². The standard InChI is InChI=1S/C19H21ClFN3O2/c1-26-14-6-7-15(17(21)10-14)16-8-9-22-11-18(16)24-19(25)23-13-4-2-12(20)3-5-13/h2-7,10,16,18,22H,8-9,11H2,1H3,(H2,23,24,25)/t16-,18+/m0/s1. The van der Waals surface area contributed by atoms with Gasteiger partial charge in [0.15, 0.2) is 0 Å². The van der Waals surface area contributed by atoms with Crippen LogP contribution >= 0.6 is 11.6 Å². The number of hydrogen-bond donors (Lipinski definition) is 3. The average molecular weight is 378 g/mol. The van der Waals surface area contributed by atoms with Gasteiger partial charge in [-0.05, 0) is 48.9 Å². The van der Waals surface area contributed by atoms with Crippen LogP contribution < -0.4 is 20.7 Å². The van der Waals surface area contributed by atoms with E-state index in [1.807, 2.05) is 0 Å². The number of carbonyl (C=O) groups is 1. The Morgan fingerprint density at radius 3 is 2.73 bits per heavy atom. The van der Waals surface area contributed by atoms with E-state index >= 15 is 0 Å². The van der Waals surface area contributed by atoms with E-state index in [0.29, 0.717) is 28.6 Å². The number of ether oxygens (including phenoxy) is 1. The third-order valence-corrected chi connectivity index (χ3v) is 4.76. The molecule has 1 heterocycles. The molecule has 2 amide bonds. The van der Waals surface area contributed by atoms with Crippen LogP contribution in [-0.4, -0.2) is 32.3 Å². The van der Waals surface area contributed by atoms with Crippen molar-refractivity contribution in [2.24, 2.45) is 0 Å². The summed E-state index contributed by atoms with van der Waals surface area (Å²) in [4.78, 5) is 12.3. The number of rotatable bonds is 4. The molecule has 1 aliphatic rings. The second-order valence-electron chi connectivity index (χ2n) is 6.20. The first-order chi connectivity index (χ1) is 12.6. The fraction of sp³-hybridized carbons (Fsp3) is 0.316. The molecular weight excluding hydrogens is 357 g/mol. The van der Waals surface area contributed by atoms with E-state index in [1.165, 1.54) is 13.2 Å². The first kappa shape index (κ1) is 18.5. The maximum atomic E-state index is 14.5. The molecule has 1 fully saturated rings. The van der Waals surface area contributed by atoms with Gasteiger partial charge in [0.2, 0.25) is 0 Å². The maximum absolute atomic E-state index is 14.5. The highest BCUT2D eigenvalue weighted by Crippen LogP contribution is 2.30. The van der Waals surface area contributed by atoms with Gasteiger partial charge >= 0.3 is 6.03 Å². The smallest absolute Gasteiger partial charge is 0.319 e. The lowest BCUT2D eigenvalue weighted by molar-refractivity contribution is 0.241. The summed E-state index contributed by atoms with van der Waals surface area (Å²) in [5.74, 6) is 0.0458. The molecule has 5 nitrogen and oxygen atoms in total. The van der Waals surface area contributed by atoms with Crippen molar-refractivity contribution in [3.05, 3.63) is 58.9 Å². The monoisotopic (exact) mass is 377 g/mol. The van der Waals surface area contributed by atoms with Crippen LogP contribution in [0, 0.1) is 5.82 Å². The molecular formula is C19H21ClFN3O2. The zero-order valence-corrected chi connectivity index (χ0v) is 15.1. The van der Waals surface area contributed by atoms with Crippen molar-refractivity contribution < 1.29 is 13.9 Å². The molecule has 0 aromatic heterocycles. The van der Waals surface area contributed by atoms with Gasteiger partial charge in [0.1, 0.15) is 11.6 Å². The molecule has 1 aliphatic heterocycles. The number of anilines is 1. The minimum Gasteiger partial charge on any atom is -0.497 e. The van der Waals surface area contributed by atoms with E-state index in [9.17, 15) is 9.18 Å². The van der Waals surface area contributed by atoms with Crippen LogP contribution in [0.15, 0.2) is 42.5 Å². The van der Waals surface area contributed by atoms with Crippen molar-refractivity contribution >= 4 is 23.3 Å². The lowest BCUT2D eigenvalue weighted by Gasteiger charge is -2.33. The Bertz CT molecular complexity index is 770. The van der Waals surface area contributed by atoms with Gasteiger partial charge in [0, 0.05) is 29.2 Å². The molecule has 0 unspecified atom stereocenters. The number of carbonyl (C=O) groups excluding carboxylic acids is 1. The minimum atomic E-state index is -0.333. The molecule has 26 heavy (non-hydrogen) atoms. The number of hydrogen-bond acceptors (Lipinski definition) is 3. The van der Waals surface area contributed by atoms with E-state index in [4.69, 9.17) is 16.3 Å². The SMILES string of the molecule is COc1ccc([C@@H]2CCNC[C@H]2NC(=O)Nc2ccc(Cl)cc2)c(F)c1. The summed E-state index contributed by atoms with van der Waals surface area (Å²) in [7, 11) is 1.50. The Hall–Kier alpha value is -2.31. The van der Waals surface area contributed by atoms with Crippen molar-refractivity contribution in [3.8, 4) is 5.75 Å². The molecule has 0 aliphatic carbocycles. The molecule has 7 heteroatoms. The summed E-state index contributed by atoms with van der Waals surface area (Å²) in [5, 5.41) is 9.56. The normalized spacial score (nSPS) is 19.7. The van der Waals surface area contributed by atoms with Gasteiger partial charge in [0.05, 0.1) is 13.2 Å². The number of methoxy groups -OCH3 is 1. The number of amides is 2. The summed E-state index contributed by atoms with van der Waals surface area (Å²) < 4.78 is 19.5. The Morgan fingerprint density at radius 1 is 1.27 bits per heavy atom. The molecule has 2 aromatic carbocycles. The number of urea groups is 1. The van der Waals surface area contributed by atoms with E-state index in [2.05, 4.69) is 16.0 Å². The molecule has 3 N–H and O–H groups in total. The zero-order chi connectivity index (χ0) is 18.5. The summed E-state index contributed by atoms with van der Waals surface area (Å²) in [6, 6.07) is 11.1. The van der Waals surface area contributed by atoms with Gasteiger partial charge in [-0.3, -0.25) is 0 Å². The quantitative estimate of drug-likeness (QED) is 0.760. The molecule has 0 bridgehead atoms. The van der Waals surface area contributed by atoms with Crippen molar-refractivity contribution in [1.29, 1.82) is 0 Å². The third-order valence-electron chi connectivity index (χ3n) is 4.51. The van der Waals surface area contributed by atoms with Gasteiger partial charge < -0.3 is 20.7 Å². The Kier molecular flexibility index (Phi) is 5.96. The van der Waals surface area contributed by atoms with Crippen LogP contribution in [-0.2, 0) is 0 Å². The van der Waals surface area contributed by atoms with Gasteiger partial charge in [-0.15, -0.1) is 0 Å². The predicted octanol–water partition coefficient (Wildman–Crippen LogP) is 3.75. The van der Waals surface area contributed by atoms with Crippen molar-refractivity contribution in [2.75, 3.05) is 25.5 Å². The minimum absolute atomic E-state index is 0.113. The van der Waals surface area contributed by atoms with Crippen LogP contribution in [0.4, 0.5) is 14.9 Å². The van der Waals surface area contributed by atoms with Crippen LogP contribution in [0.3, 0.4) is 0 Å². The Morgan fingerprint density at radius 2 is 2.04 bits per heavy atom. The predicted molar refractivity (Wildman–Crippen MR) is 101 cm³/mol. The summed E-state index contributed by atoms with van der Waals surface area (Å²) >= 11 is 5.85.